The molecule has 1 heterocycles. The Morgan fingerprint density at radius 2 is 2.06 bits per heavy atom. The molecular weight excluding hydrogens is 202 g/mol. The van der Waals surface area contributed by atoms with Crippen molar-refractivity contribution in [1.82, 2.24) is 5.32 Å². The SMILES string of the molecule is CCC(CC)NC(C)CC(O)c1ccco1. The molecule has 3 nitrogen and oxygen atoms in total. The van der Waals surface area contributed by atoms with Gasteiger partial charge in [-0.1, -0.05) is 13.8 Å². The van der Waals surface area contributed by atoms with Crippen molar-refractivity contribution in [3.8, 4) is 0 Å². The van der Waals surface area contributed by atoms with E-state index in [-0.39, 0.29) is 0 Å². The van der Waals surface area contributed by atoms with Gasteiger partial charge >= 0.3 is 0 Å². The highest BCUT2D eigenvalue weighted by molar-refractivity contribution is 5.02. The van der Waals surface area contributed by atoms with Gasteiger partial charge in [-0.25, -0.2) is 0 Å². The van der Waals surface area contributed by atoms with E-state index in [1.165, 1.54) is 0 Å². The van der Waals surface area contributed by atoms with Crippen LogP contribution in [0.3, 0.4) is 0 Å². The molecule has 1 aromatic heterocycles. The normalized spacial score (nSPS) is 15.3. The number of rotatable bonds is 7. The summed E-state index contributed by atoms with van der Waals surface area (Å²) in [7, 11) is 0. The van der Waals surface area contributed by atoms with Crippen LogP contribution in [0, 0.1) is 0 Å². The molecule has 0 aromatic carbocycles. The molecule has 0 spiro atoms. The monoisotopic (exact) mass is 225 g/mol. The molecule has 1 rings (SSSR count). The maximum absolute atomic E-state index is 9.90. The average Bonchev–Trinajstić information content (AvgIpc) is 2.79. The van der Waals surface area contributed by atoms with Gasteiger partial charge in [0.25, 0.3) is 0 Å². The number of aliphatic hydroxyl groups is 1. The van der Waals surface area contributed by atoms with Gasteiger partial charge in [-0.15, -0.1) is 0 Å². The average molecular weight is 225 g/mol. The summed E-state index contributed by atoms with van der Waals surface area (Å²) in [4.78, 5) is 0. The van der Waals surface area contributed by atoms with Crippen LogP contribution in [-0.4, -0.2) is 17.2 Å². The van der Waals surface area contributed by atoms with Crippen LogP contribution < -0.4 is 5.32 Å². The molecule has 0 saturated carbocycles. The van der Waals surface area contributed by atoms with Crippen molar-refractivity contribution in [3.63, 3.8) is 0 Å². The Kier molecular flexibility index (Phi) is 5.56. The van der Waals surface area contributed by atoms with Crippen LogP contribution in [0.25, 0.3) is 0 Å². The molecule has 1 aromatic rings. The van der Waals surface area contributed by atoms with E-state index in [4.69, 9.17) is 4.42 Å². The van der Waals surface area contributed by atoms with E-state index in [0.29, 0.717) is 24.3 Å². The maximum Gasteiger partial charge on any atom is 0.132 e. The van der Waals surface area contributed by atoms with E-state index >= 15 is 0 Å². The maximum atomic E-state index is 9.90. The summed E-state index contributed by atoms with van der Waals surface area (Å²) in [6.45, 7) is 6.46. The summed E-state index contributed by atoms with van der Waals surface area (Å²) in [5, 5.41) is 13.4. The summed E-state index contributed by atoms with van der Waals surface area (Å²) in [5.74, 6) is 0.651. The van der Waals surface area contributed by atoms with E-state index in [9.17, 15) is 5.11 Å². The zero-order valence-electron chi connectivity index (χ0n) is 10.4. The molecule has 0 fully saturated rings. The van der Waals surface area contributed by atoms with E-state index in [1.807, 2.05) is 6.07 Å². The second-order valence-corrected chi connectivity index (χ2v) is 4.35. The summed E-state index contributed by atoms with van der Waals surface area (Å²) in [6.07, 6.45) is 4.02. The molecule has 0 radical (unpaired) electrons. The first-order valence-electron chi connectivity index (χ1n) is 6.14. The number of furan rings is 1. The quantitative estimate of drug-likeness (QED) is 0.750. The lowest BCUT2D eigenvalue weighted by molar-refractivity contribution is 0.126. The van der Waals surface area contributed by atoms with Gasteiger partial charge in [-0.05, 0) is 38.3 Å². The van der Waals surface area contributed by atoms with Crippen LogP contribution in [0.4, 0.5) is 0 Å². The largest absolute Gasteiger partial charge is 0.467 e. The fourth-order valence-corrected chi connectivity index (χ4v) is 1.93. The minimum atomic E-state index is -0.508. The molecule has 0 saturated heterocycles. The van der Waals surface area contributed by atoms with Gasteiger partial charge in [0.15, 0.2) is 0 Å². The molecule has 0 bridgehead atoms. The molecule has 92 valence electrons. The Morgan fingerprint density at radius 3 is 2.56 bits per heavy atom. The highest BCUT2D eigenvalue weighted by atomic mass is 16.4. The molecule has 0 aliphatic rings. The summed E-state index contributed by atoms with van der Waals surface area (Å²) >= 11 is 0. The minimum Gasteiger partial charge on any atom is -0.467 e. The van der Waals surface area contributed by atoms with Crippen LogP contribution in [0.15, 0.2) is 22.8 Å². The molecule has 2 unspecified atom stereocenters. The number of hydrogen-bond donors (Lipinski definition) is 2. The van der Waals surface area contributed by atoms with Crippen LogP contribution in [0.1, 0.15) is 51.9 Å². The highest BCUT2D eigenvalue weighted by Crippen LogP contribution is 2.18. The van der Waals surface area contributed by atoms with E-state index in [0.717, 1.165) is 12.8 Å². The lowest BCUT2D eigenvalue weighted by atomic mass is 10.1. The Bertz CT molecular complexity index is 267. The topological polar surface area (TPSA) is 45.4 Å². The van der Waals surface area contributed by atoms with Crippen molar-refractivity contribution in [2.75, 3.05) is 0 Å². The zero-order valence-corrected chi connectivity index (χ0v) is 10.4. The summed E-state index contributed by atoms with van der Waals surface area (Å²) < 4.78 is 5.18. The van der Waals surface area contributed by atoms with Gasteiger partial charge in [-0.3, -0.25) is 0 Å². The van der Waals surface area contributed by atoms with Crippen LogP contribution >= 0.6 is 0 Å². The third kappa shape index (κ3) is 3.99. The fourth-order valence-electron chi connectivity index (χ4n) is 1.93. The first-order valence-corrected chi connectivity index (χ1v) is 6.14. The van der Waals surface area contributed by atoms with Gasteiger partial charge in [0.1, 0.15) is 11.9 Å². The van der Waals surface area contributed by atoms with Crippen molar-refractivity contribution in [2.24, 2.45) is 0 Å². The predicted octanol–water partition coefficient (Wildman–Crippen LogP) is 2.87. The van der Waals surface area contributed by atoms with Gasteiger partial charge in [0, 0.05) is 12.1 Å². The minimum absolute atomic E-state index is 0.296. The second kappa shape index (κ2) is 6.71. The molecule has 0 aliphatic heterocycles. The first-order chi connectivity index (χ1) is 7.67. The Balaban J connectivity index is 2.36. The van der Waals surface area contributed by atoms with Crippen molar-refractivity contribution in [2.45, 2.75) is 58.2 Å². The molecular formula is C13H23NO2. The third-order valence-corrected chi connectivity index (χ3v) is 2.95. The van der Waals surface area contributed by atoms with Crippen LogP contribution in [0.5, 0.6) is 0 Å². The molecule has 2 atom stereocenters. The van der Waals surface area contributed by atoms with Crippen molar-refractivity contribution in [3.05, 3.63) is 24.2 Å². The van der Waals surface area contributed by atoms with Gasteiger partial charge < -0.3 is 14.8 Å². The molecule has 3 heteroatoms. The first kappa shape index (κ1) is 13.3. The number of nitrogens with one attached hydrogen (secondary N) is 1. The Labute approximate surface area is 97.9 Å². The summed E-state index contributed by atoms with van der Waals surface area (Å²) in [6, 6.07) is 4.45. The number of hydrogen-bond acceptors (Lipinski definition) is 3. The smallest absolute Gasteiger partial charge is 0.132 e. The van der Waals surface area contributed by atoms with Crippen molar-refractivity contribution < 1.29 is 9.52 Å². The summed E-state index contributed by atoms with van der Waals surface area (Å²) in [5.41, 5.74) is 0. The van der Waals surface area contributed by atoms with E-state index in [1.54, 1.807) is 12.3 Å². The van der Waals surface area contributed by atoms with Crippen LogP contribution in [0.2, 0.25) is 0 Å². The molecule has 0 amide bonds. The molecule has 2 N–H and O–H groups in total. The predicted molar refractivity (Wildman–Crippen MR) is 65.3 cm³/mol. The standard InChI is InChI=1S/C13H23NO2/c1-4-11(5-2)14-10(3)9-12(15)13-7-6-8-16-13/h6-8,10-12,14-15H,4-5,9H2,1-3H3. The lowest BCUT2D eigenvalue weighted by Crippen LogP contribution is -2.36. The van der Waals surface area contributed by atoms with Gasteiger partial charge in [-0.2, -0.15) is 0 Å². The van der Waals surface area contributed by atoms with Gasteiger partial charge in [0.05, 0.1) is 6.26 Å². The Morgan fingerprint density at radius 1 is 1.38 bits per heavy atom. The van der Waals surface area contributed by atoms with Crippen LogP contribution in [-0.2, 0) is 0 Å². The molecule has 0 aliphatic carbocycles. The highest BCUT2D eigenvalue weighted by Gasteiger charge is 2.16. The zero-order chi connectivity index (χ0) is 12.0. The van der Waals surface area contributed by atoms with Gasteiger partial charge in [0.2, 0.25) is 0 Å². The molecule has 16 heavy (non-hydrogen) atoms. The Hall–Kier alpha value is -0.800. The van der Waals surface area contributed by atoms with E-state index in [2.05, 4.69) is 26.1 Å². The van der Waals surface area contributed by atoms with Crippen molar-refractivity contribution in [1.29, 1.82) is 0 Å². The lowest BCUT2D eigenvalue weighted by Gasteiger charge is -2.22. The third-order valence-electron chi connectivity index (χ3n) is 2.95. The van der Waals surface area contributed by atoms with Crippen molar-refractivity contribution >= 4 is 0 Å². The number of aliphatic hydroxyl groups excluding tert-OH is 1. The fraction of sp³-hybridized carbons (Fsp3) is 0.692. The van der Waals surface area contributed by atoms with E-state index < -0.39 is 6.10 Å². The second-order valence-electron chi connectivity index (χ2n) is 4.35.